The molecule has 3 nitrogen and oxygen atoms in total. The Morgan fingerprint density at radius 1 is 1.63 bits per heavy atom. The van der Waals surface area contributed by atoms with Gasteiger partial charge in [0.2, 0.25) is 5.91 Å². The van der Waals surface area contributed by atoms with Gasteiger partial charge >= 0.3 is 0 Å². The van der Waals surface area contributed by atoms with Crippen LogP contribution in [0.1, 0.15) is 24.9 Å². The smallest absolute Gasteiger partial charge is 0.222 e. The molecule has 0 saturated carbocycles. The van der Waals surface area contributed by atoms with Crippen LogP contribution in [-0.2, 0) is 4.79 Å². The van der Waals surface area contributed by atoms with Gasteiger partial charge in [0.25, 0.3) is 0 Å². The maximum absolute atomic E-state index is 13.1. The first kappa shape index (κ1) is 14.3. The number of hydrogen-bond donors (Lipinski definition) is 2. The predicted molar refractivity (Wildman–Crippen MR) is 76.7 cm³/mol. The fourth-order valence-corrected chi connectivity index (χ4v) is 3.08. The predicted octanol–water partition coefficient (Wildman–Crippen LogP) is 2.10. The molecule has 1 aromatic carbocycles. The Labute approximate surface area is 117 Å². The normalized spacial score (nSPS) is 20.8. The monoisotopic (exact) mass is 282 g/mol. The standard InChI is InChI=1S/C14H19FN2OS/c1-10(11-3-2-4-12(15)7-11)17-14(18)8-13-9-19-6-5-16-13/h2-4,7,10,13,16H,5-6,8-9H2,1H3,(H,17,18)/t10-,13?/m0/s1. The lowest BCUT2D eigenvalue weighted by atomic mass is 10.1. The van der Waals surface area contributed by atoms with E-state index in [9.17, 15) is 9.18 Å². The third kappa shape index (κ3) is 4.51. The third-order valence-corrected chi connectivity index (χ3v) is 4.29. The number of rotatable bonds is 4. The van der Waals surface area contributed by atoms with Crippen molar-refractivity contribution in [1.29, 1.82) is 0 Å². The Balaban J connectivity index is 1.84. The molecule has 0 radical (unpaired) electrons. The summed E-state index contributed by atoms with van der Waals surface area (Å²) in [5, 5.41) is 6.25. The zero-order chi connectivity index (χ0) is 13.7. The largest absolute Gasteiger partial charge is 0.350 e. The first-order chi connectivity index (χ1) is 9.15. The molecule has 1 aliphatic heterocycles. The van der Waals surface area contributed by atoms with Gasteiger partial charge in [-0.1, -0.05) is 12.1 Å². The number of nitrogens with one attached hydrogen (secondary N) is 2. The van der Waals surface area contributed by atoms with Crippen LogP contribution < -0.4 is 10.6 Å². The van der Waals surface area contributed by atoms with Crippen LogP contribution >= 0.6 is 11.8 Å². The molecule has 1 aromatic rings. The van der Waals surface area contributed by atoms with Crippen molar-refractivity contribution in [1.82, 2.24) is 10.6 Å². The highest BCUT2D eigenvalue weighted by Crippen LogP contribution is 2.15. The number of halogens is 1. The first-order valence-corrected chi connectivity index (χ1v) is 7.66. The minimum atomic E-state index is -0.274. The zero-order valence-electron chi connectivity index (χ0n) is 11.0. The molecule has 1 saturated heterocycles. The van der Waals surface area contributed by atoms with Crippen LogP contribution in [0.15, 0.2) is 24.3 Å². The van der Waals surface area contributed by atoms with Crippen LogP contribution in [0.25, 0.3) is 0 Å². The molecule has 2 atom stereocenters. The third-order valence-electron chi connectivity index (χ3n) is 3.16. The first-order valence-electron chi connectivity index (χ1n) is 6.51. The summed E-state index contributed by atoms with van der Waals surface area (Å²) in [6.07, 6.45) is 0.479. The second-order valence-corrected chi connectivity index (χ2v) is 5.92. The Morgan fingerprint density at radius 3 is 3.16 bits per heavy atom. The molecule has 2 N–H and O–H groups in total. The van der Waals surface area contributed by atoms with E-state index in [0.717, 1.165) is 23.6 Å². The summed E-state index contributed by atoms with van der Waals surface area (Å²) in [5.41, 5.74) is 0.791. The molecule has 5 heteroatoms. The Bertz CT molecular complexity index is 435. The van der Waals surface area contributed by atoms with E-state index in [0.29, 0.717) is 6.42 Å². The quantitative estimate of drug-likeness (QED) is 0.888. The maximum atomic E-state index is 13.1. The van der Waals surface area contributed by atoms with Crippen LogP contribution in [0, 0.1) is 5.82 Å². The van der Waals surface area contributed by atoms with Crippen LogP contribution in [0.3, 0.4) is 0 Å². The summed E-state index contributed by atoms with van der Waals surface area (Å²) in [6.45, 7) is 2.83. The number of hydrogen-bond acceptors (Lipinski definition) is 3. The van der Waals surface area contributed by atoms with Crippen molar-refractivity contribution in [3.63, 3.8) is 0 Å². The van der Waals surface area contributed by atoms with Crippen LogP contribution in [0.4, 0.5) is 4.39 Å². The number of benzene rings is 1. The van der Waals surface area contributed by atoms with E-state index in [-0.39, 0.29) is 23.8 Å². The topological polar surface area (TPSA) is 41.1 Å². The molecule has 0 spiro atoms. The summed E-state index contributed by atoms with van der Waals surface area (Å²) < 4.78 is 13.1. The minimum absolute atomic E-state index is 0.0109. The van der Waals surface area contributed by atoms with Gasteiger partial charge in [0.1, 0.15) is 5.82 Å². The summed E-state index contributed by atoms with van der Waals surface area (Å²) >= 11 is 1.87. The zero-order valence-corrected chi connectivity index (χ0v) is 11.8. The molecule has 19 heavy (non-hydrogen) atoms. The lowest BCUT2D eigenvalue weighted by molar-refractivity contribution is -0.122. The van der Waals surface area contributed by atoms with Crippen LogP contribution in [0.5, 0.6) is 0 Å². The fraction of sp³-hybridized carbons (Fsp3) is 0.500. The average Bonchev–Trinajstić information content (AvgIpc) is 2.39. The van der Waals surface area contributed by atoms with Gasteiger partial charge in [0.05, 0.1) is 6.04 Å². The molecular weight excluding hydrogens is 263 g/mol. The van der Waals surface area contributed by atoms with Gasteiger partial charge in [-0.05, 0) is 24.6 Å². The SMILES string of the molecule is C[C@H](NC(=O)CC1CSCCN1)c1cccc(F)c1. The molecule has 1 unspecified atom stereocenters. The van der Waals surface area contributed by atoms with Crippen molar-refractivity contribution in [2.75, 3.05) is 18.1 Å². The van der Waals surface area contributed by atoms with Gasteiger partial charge in [0, 0.05) is 30.5 Å². The summed E-state index contributed by atoms with van der Waals surface area (Å²) in [4.78, 5) is 11.9. The summed E-state index contributed by atoms with van der Waals surface area (Å²) in [6, 6.07) is 6.42. The van der Waals surface area contributed by atoms with Gasteiger partial charge in [-0.25, -0.2) is 4.39 Å². The van der Waals surface area contributed by atoms with Gasteiger partial charge < -0.3 is 10.6 Å². The van der Waals surface area contributed by atoms with Gasteiger partial charge in [0.15, 0.2) is 0 Å². The number of carbonyl (C=O) groups is 1. The second kappa shape index (κ2) is 6.91. The van der Waals surface area contributed by atoms with E-state index in [1.165, 1.54) is 12.1 Å². The molecule has 0 aromatic heterocycles. The van der Waals surface area contributed by atoms with E-state index in [4.69, 9.17) is 0 Å². The molecule has 1 aliphatic rings. The Morgan fingerprint density at radius 2 is 2.47 bits per heavy atom. The summed E-state index contributed by atoms with van der Waals surface area (Å²) in [7, 11) is 0. The van der Waals surface area contributed by atoms with Crippen molar-refractivity contribution < 1.29 is 9.18 Å². The molecule has 1 fully saturated rings. The van der Waals surface area contributed by atoms with Crippen molar-refractivity contribution in [3.8, 4) is 0 Å². The number of carbonyl (C=O) groups excluding carboxylic acids is 1. The van der Waals surface area contributed by atoms with E-state index in [1.54, 1.807) is 6.07 Å². The Hall–Kier alpha value is -1.07. The van der Waals surface area contributed by atoms with E-state index >= 15 is 0 Å². The van der Waals surface area contributed by atoms with Gasteiger partial charge in [-0.2, -0.15) is 11.8 Å². The Kier molecular flexibility index (Phi) is 5.22. The molecular formula is C14H19FN2OS. The van der Waals surface area contributed by atoms with E-state index < -0.39 is 0 Å². The number of amides is 1. The number of thioether (sulfide) groups is 1. The molecule has 2 rings (SSSR count). The van der Waals surface area contributed by atoms with E-state index in [1.807, 2.05) is 24.8 Å². The lowest BCUT2D eigenvalue weighted by Gasteiger charge is -2.23. The van der Waals surface area contributed by atoms with Crippen molar-refractivity contribution in [3.05, 3.63) is 35.6 Å². The highest BCUT2D eigenvalue weighted by atomic mass is 32.2. The average molecular weight is 282 g/mol. The molecule has 1 amide bonds. The molecule has 104 valence electrons. The maximum Gasteiger partial charge on any atom is 0.222 e. The van der Waals surface area contributed by atoms with Gasteiger partial charge in [-0.3, -0.25) is 4.79 Å². The fourth-order valence-electron chi connectivity index (χ4n) is 2.13. The van der Waals surface area contributed by atoms with Crippen molar-refractivity contribution in [2.45, 2.75) is 25.4 Å². The highest BCUT2D eigenvalue weighted by Gasteiger charge is 2.18. The lowest BCUT2D eigenvalue weighted by Crippen LogP contribution is -2.41. The second-order valence-electron chi connectivity index (χ2n) is 4.77. The van der Waals surface area contributed by atoms with Crippen molar-refractivity contribution in [2.24, 2.45) is 0 Å². The molecule has 1 heterocycles. The molecule has 0 bridgehead atoms. The summed E-state index contributed by atoms with van der Waals surface area (Å²) in [5.74, 6) is 1.82. The van der Waals surface area contributed by atoms with E-state index in [2.05, 4.69) is 10.6 Å². The van der Waals surface area contributed by atoms with Gasteiger partial charge in [-0.15, -0.1) is 0 Å². The minimum Gasteiger partial charge on any atom is -0.350 e. The highest BCUT2D eigenvalue weighted by molar-refractivity contribution is 7.99. The van der Waals surface area contributed by atoms with Crippen LogP contribution in [0.2, 0.25) is 0 Å². The van der Waals surface area contributed by atoms with Crippen molar-refractivity contribution >= 4 is 17.7 Å². The van der Waals surface area contributed by atoms with Crippen LogP contribution in [-0.4, -0.2) is 30.0 Å². The molecule has 0 aliphatic carbocycles.